The molecule has 0 aliphatic heterocycles. The number of pyridine rings is 1. The number of nitrogens with two attached hydrogens (primary N) is 1. The lowest BCUT2D eigenvalue weighted by Gasteiger charge is -2.16. The zero-order valence-corrected chi connectivity index (χ0v) is 11.3. The van der Waals surface area contributed by atoms with E-state index in [-0.39, 0.29) is 6.04 Å². The normalized spacial score (nSPS) is 12.4. The molecular formula is C16H20N2. The number of hydrogen-bond donors (Lipinski definition) is 1. The zero-order valence-electron chi connectivity index (χ0n) is 11.3. The molecule has 0 fully saturated rings. The van der Waals surface area contributed by atoms with E-state index in [0.29, 0.717) is 0 Å². The average molecular weight is 240 g/mol. The van der Waals surface area contributed by atoms with Gasteiger partial charge in [0.05, 0.1) is 0 Å². The molecule has 1 unspecified atom stereocenters. The smallest absolute Gasteiger partial charge is 0.0422 e. The van der Waals surface area contributed by atoms with E-state index in [9.17, 15) is 0 Å². The van der Waals surface area contributed by atoms with E-state index in [1.807, 2.05) is 24.4 Å². The van der Waals surface area contributed by atoms with E-state index >= 15 is 0 Å². The molecule has 0 saturated carbocycles. The van der Waals surface area contributed by atoms with Crippen molar-refractivity contribution < 1.29 is 0 Å². The topological polar surface area (TPSA) is 38.9 Å². The van der Waals surface area contributed by atoms with Crippen molar-refractivity contribution >= 4 is 0 Å². The number of hydrogen-bond acceptors (Lipinski definition) is 2. The Morgan fingerprint density at radius 1 is 1.06 bits per heavy atom. The van der Waals surface area contributed by atoms with Crippen LogP contribution in [-0.4, -0.2) is 4.98 Å². The highest BCUT2D eigenvalue weighted by Crippen LogP contribution is 2.22. The van der Waals surface area contributed by atoms with Gasteiger partial charge in [-0.1, -0.05) is 18.2 Å². The molecule has 1 aromatic carbocycles. The summed E-state index contributed by atoms with van der Waals surface area (Å²) in [6.07, 6.45) is 2.60. The molecular weight excluding hydrogens is 220 g/mol. The molecule has 0 amide bonds. The Balaban J connectivity index is 2.24. The van der Waals surface area contributed by atoms with Gasteiger partial charge in [-0.15, -0.1) is 0 Å². The van der Waals surface area contributed by atoms with Crippen molar-refractivity contribution in [3.63, 3.8) is 0 Å². The number of rotatable bonds is 3. The van der Waals surface area contributed by atoms with Gasteiger partial charge in [0.2, 0.25) is 0 Å². The Kier molecular flexibility index (Phi) is 3.78. The van der Waals surface area contributed by atoms with Crippen LogP contribution in [0.4, 0.5) is 0 Å². The van der Waals surface area contributed by atoms with Crippen molar-refractivity contribution in [2.24, 2.45) is 5.73 Å². The third-order valence-corrected chi connectivity index (χ3v) is 3.44. The Morgan fingerprint density at radius 3 is 2.44 bits per heavy atom. The van der Waals surface area contributed by atoms with Crippen LogP contribution in [0.3, 0.4) is 0 Å². The molecule has 2 aromatic rings. The Labute approximate surface area is 109 Å². The molecule has 0 spiro atoms. The summed E-state index contributed by atoms with van der Waals surface area (Å²) >= 11 is 0. The summed E-state index contributed by atoms with van der Waals surface area (Å²) in [6.45, 7) is 6.39. The maximum atomic E-state index is 6.31. The quantitative estimate of drug-likeness (QED) is 0.894. The monoisotopic (exact) mass is 240 g/mol. The van der Waals surface area contributed by atoms with E-state index < -0.39 is 0 Å². The van der Waals surface area contributed by atoms with Gasteiger partial charge in [0.25, 0.3) is 0 Å². The van der Waals surface area contributed by atoms with Crippen molar-refractivity contribution in [3.05, 3.63) is 64.5 Å². The number of benzene rings is 1. The SMILES string of the molecule is Cc1cc(C)c(C(N)Cc2ccccn2)cc1C. The van der Waals surface area contributed by atoms with Gasteiger partial charge in [0, 0.05) is 24.4 Å². The summed E-state index contributed by atoms with van der Waals surface area (Å²) < 4.78 is 0. The first-order valence-corrected chi connectivity index (χ1v) is 6.31. The van der Waals surface area contributed by atoms with Crippen molar-refractivity contribution in [3.8, 4) is 0 Å². The fourth-order valence-corrected chi connectivity index (χ4v) is 2.24. The molecule has 1 atom stereocenters. The maximum absolute atomic E-state index is 6.31. The second-order valence-corrected chi connectivity index (χ2v) is 4.92. The lowest BCUT2D eigenvalue weighted by atomic mass is 9.94. The third-order valence-electron chi connectivity index (χ3n) is 3.44. The summed E-state index contributed by atoms with van der Waals surface area (Å²) in [4.78, 5) is 4.33. The molecule has 0 aliphatic carbocycles. The zero-order chi connectivity index (χ0) is 13.1. The molecule has 94 valence electrons. The Bertz CT molecular complexity index is 532. The van der Waals surface area contributed by atoms with Crippen LogP contribution < -0.4 is 5.73 Å². The highest BCUT2D eigenvalue weighted by atomic mass is 14.7. The van der Waals surface area contributed by atoms with Gasteiger partial charge in [-0.3, -0.25) is 4.98 Å². The van der Waals surface area contributed by atoms with Crippen molar-refractivity contribution in [1.82, 2.24) is 4.98 Å². The molecule has 2 heteroatoms. The van der Waals surface area contributed by atoms with E-state index in [4.69, 9.17) is 5.73 Å². The lowest BCUT2D eigenvalue weighted by Crippen LogP contribution is -2.15. The summed E-state index contributed by atoms with van der Waals surface area (Å²) in [7, 11) is 0. The fraction of sp³-hybridized carbons (Fsp3) is 0.312. The van der Waals surface area contributed by atoms with Crippen LogP contribution in [0, 0.1) is 20.8 Å². The molecule has 0 bridgehead atoms. The van der Waals surface area contributed by atoms with Crippen LogP contribution >= 0.6 is 0 Å². The minimum Gasteiger partial charge on any atom is -0.324 e. The molecule has 0 saturated heterocycles. The first kappa shape index (κ1) is 12.8. The van der Waals surface area contributed by atoms with Gasteiger partial charge in [-0.05, 0) is 55.2 Å². The molecule has 1 aromatic heterocycles. The Morgan fingerprint density at radius 2 is 1.78 bits per heavy atom. The number of aromatic nitrogens is 1. The minimum atomic E-state index is 0.0131. The van der Waals surface area contributed by atoms with Gasteiger partial charge in [-0.2, -0.15) is 0 Å². The van der Waals surface area contributed by atoms with Crippen LogP contribution in [0.15, 0.2) is 36.5 Å². The van der Waals surface area contributed by atoms with Crippen LogP contribution in [0.2, 0.25) is 0 Å². The molecule has 1 heterocycles. The van der Waals surface area contributed by atoms with E-state index in [2.05, 4.69) is 37.9 Å². The predicted molar refractivity (Wildman–Crippen MR) is 75.5 cm³/mol. The van der Waals surface area contributed by atoms with E-state index in [1.165, 1.54) is 22.3 Å². The van der Waals surface area contributed by atoms with Gasteiger partial charge in [0.15, 0.2) is 0 Å². The van der Waals surface area contributed by atoms with Gasteiger partial charge < -0.3 is 5.73 Å². The second kappa shape index (κ2) is 5.32. The molecule has 2 nitrogen and oxygen atoms in total. The summed E-state index contributed by atoms with van der Waals surface area (Å²) in [6, 6.07) is 10.4. The van der Waals surface area contributed by atoms with E-state index in [0.717, 1.165) is 12.1 Å². The summed E-state index contributed by atoms with van der Waals surface area (Å²) in [5, 5.41) is 0. The van der Waals surface area contributed by atoms with Gasteiger partial charge in [0.1, 0.15) is 0 Å². The third kappa shape index (κ3) is 2.77. The first-order valence-electron chi connectivity index (χ1n) is 6.31. The summed E-state index contributed by atoms with van der Waals surface area (Å²) in [5.41, 5.74) is 12.5. The van der Waals surface area contributed by atoms with Crippen molar-refractivity contribution in [1.29, 1.82) is 0 Å². The Hall–Kier alpha value is -1.67. The molecule has 18 heavy (non-hydrogen) atoms. The van der Waals surface area contributed by atoms with Crippen molar-refractivity contribution in [2.45, 2.75) is 33.2 Å². The molecule has 2 rings (SSSR count). The van der Waals surface area contributed by atoms with Gasteiger partial charge >= 0.3 is 0 Å². The van der Waals surface area contributed by atoms with E-state index in [1.54, 1.807) is 0 Å². The standard InChI is InChI=1S/C16H20N2/c1-11-8-13(3)15(9-12(11)2)16(17)10-14-6-4-5-7-18-14/h4-9,16H,10,17H2,1-3H3. The molecule has 0 aliphatic rings. The lowest BCUT2D eigenvalue weighted by molar-refractivity contribution is 0.701. The minimum absolute atomic E-state index is 0.0131. The highest BCUT2D eigenvalue weighted by molar-refractivity contribution is 5.38. The highest BCUT2D eigenvalue weighted by Gasteiger charge is 2.11. The van der Waals surface area contributed by atoms with Crippen LogP contribution in [-0.2, 0) is 6.42 Å². The van der Waals surface area contributed by atoms with Crippen LogP contribution in [0.1, 0.15) is 34.0 Å². The number of aryl methyl sites for hydroxylation is 3. The first-order chi connectivity index (χ1) is 8.58. The van der Waals surface area contributed by atoms with Crippen LogP contribution in [0.5, 0.6) is 0 Å². The maximum Gasteiger partial charge on any atom is 0.0422 e. The predicted octanol–water partition coefficient (Wildman–Crippen LogP) is 3.25. The van der Waals surface area contributed by atoms with Crippen molar-refractivity contribution in [2.75, 3.05) is 0 Å². The molecule has 0 radical (unpaired) electrons. The average Bonchev–Trinajstić information content (AvgIpc) is 2.35. The van der Waals surface area contributed by atoms with Gasteiger partial charge in [-0.25, -0.2) is 0 Å². The number of nitrogens with zero attached hydrogens (tertiary/aromatic N) is 1. The van der Waals surface area contributed by atoms with Crippen LogP contribution in [0.25, 0.3) is 0 Å². The molecule has 2 N–H and O–H groups in total. The largest absolute Gasteiger partial charge is 0.324 e. The second-order valence-electron chi connectivity index (χ2n) is 4.92. The summed E-state index contributed by atoms with van der Waals surface area (Å²) in [5.74, 6) is 0. The fourth-order valence-electron chi connectivity index (χ4n) is 2.24.